The van der Waals surface area contributed by atoms with Crippen molar-refractivity contribution in [2.24, 2.45) is 5.92 Å². The molecule has 1 aromatic carbocycles. The van der Waals surface area contributed by atoms with Crippen molar-refractivity contribution in [2.75, 3.05) is 0 Å². The van der Waals surface area contributed by atoms with Crippen molar-refractivity contribution in [1.82, 2.24) is 0 Å². The second-order valence-corrected chi connectivity index (χ2v) is 9.06. The van der Waals surface area contributed by atoms with Gasteiger partial charge >= 0.3 is 0 Å². The average Bonchev–Trinajstić information content (AvgIpc) is 2.09. The molecule has 3 aliphatic rings. The van der Waals surface area contributed by atoms with Crippen LogP contribution >= 0.6 is 0 Å². The van der Waals surface area contributed by atoms with Gasteiger partial charge in [-0.1, -0.05) is 59.7 Å². The van der Waals surface area contributed by atoms with Gasteiger partial charge < -0.3 is 0 Å². The van der Waals surface area contributed by atoms with Crippen molar-refractivity contribution < 1.29 is 0 Å². The molecule has 0 aromatic heterocycles. The van der Waals surface area contributed by atoms with E-state index in [9.17, 15) is 0 Å². The van der Waals surface area contributed by atoms with Crippen LogP contribution < -0.4 is 0 Å². The molecule has 19 heavy (non-hydrogen) atoms. The predicted molar refractivity (Wildman–Crippen MR) is 82.9 cm³/mol. The maximum atomic E-state index is 2.50. The molecule has 0 radical (unpaired) electrons. The molecular weight excluding hydrogens is 228 g/mol. The zero-order valence-electron chi connectivity index (χ0n) is 13.4. The number of hydrogen-bond donors (Lipinski definition) is 0. The summed E-state index contributed by atoms with van der Waals surface area (Å²) in [6.07, 6.45) is 4.35. The molecule has 0 N–H and O–H groups in total. The van der Waals surface area contributed by atoms with E-state index in [0.717, 1.165) is 5.92 Å². The van der Waals surface area contributed by atoms with Crippen LogP contribution in [-0.4, -0.2) is 0 Å². The standard InChI is InChI=1S/C19H28/c1-17(2,3)14-7-15(18(4,5)6)9-16(8-14)19-10-13(11-19)12-19/h7-9,13H,10-12H2,1-6H3. The van der Waals surface area contributed by atoms with Crippen LogP contribution in [0.3, 0.4) is 0 Å². The van der Waals surface area contributed by atoms with Crippen LogP contribution in [0.5, 0.6) is 0 Å². The lowest BCUT2D eigenvalue weighted by molar-refractivity contribution is -0.0275. The highest BCUT2D eigenvalue weighted by atomic mass is 14.6. The molecule has 104 valence electrons. The Kier molecular flexibility index (Phi) is 2.54. The zero-order valence-corrected chi connectivity index (χ0v) is 13.4. The van der Waals surface area contributed by atoms with Gasteiger partial charge in [0.1, 0.15) is 0 Å². The van der Waals surface area contributed by atoms with Gasteiger partial charge in [-0.15, -0.1) is 0 Å². The molecule has 0 atom stereocenters. The van der Waals surface area contributed by atoms with Crippen LogP contribution in [0.2, 0.25) is 0 Å². The van der Waals surface area contributed by atoms with Crippen LogP contribution in [0, 0.1) is 5.92 Å². The summed E-state index contributed by atoms with van der Waals surface area (Å²) in [5.41, 5.74) is 5.73. The monoisotopic (exact) mass is 256 g/mol. The molecule has 3 fully saturated rings. The van der Waals surface area contributed by atoms with Gasteiger partial charge in [0.15, 0.2) is 0 Å². The zero-order chi connectivity index (χ0) is 14.1. The molecule has 0 nitrogen and oxygen atoms in total. The first-order valence-electron chi connectivity index (χ1n) is 7.77. The first kappa shape index (κ1) is 13.2. The van der Waals surface area contributed by atoms with Gasteiger partial charge in [0, 0.05) is 0 Å². The molecule has 1 aromatic rings. The fraction of sp³-hybridized carbons (Fsp3) is 0.684. The maximum absolute atomic E-state index is 2.50. The molecule has 0 heteroatoms. The smallest absolute Gasteiger partial charge is 0.00388 e. The lowest BCUT2D eigenvalue weighted by Gasteiger charge is -2.62. The Morgan fingerprint density at radius 1 is 0.789 bits per heavy atom. The number of hydrogen-bond acceptors (Lipinski definition) is 0. The molecule has 2 bridgehead atoms. The van der Waals surface area contributed by atoms with Gasteiger partial charge in [-0.25, -0.2) is 0 Å². The molecule has 0 amide bonds. The fourth-order valence-corrected chi connectivity index (χ4v) is 3.63. The van der Waals surface area contributed by atoms with Crippen LogP contribution in [0.4, 0.5) is 0 Å². The van der Waals surface area contributed by atoms with Crippen LogP contribution in [0.1, 0.15) is 77.5 Å². The molecular formula is C19H28. The summed E-state index contributed by atoms with van der Waals surface area (Å²) in [4.78, 5) is 0. The minimum Gasteiger partial charge on any atom is -0.0561 e. The lowest BCUT2D eigenvalue weighted by Crippen LogP contribution is -2.55. The molecule has 0 heterocycles. The van der Waals surface area contributed by atoms with Crippen molar-refractivity contribution in [2.45, 2.75) is 77.0 Å². The molecule has 0 unspecified atom stereocenters. The normalized spacial score (nSPS) is 29.7. The highest BCUT2D eigenvalue weighted by molar-refractivity contribution is 5.44. The van der Waals surface area contributed by atoms with Gasteiger partial charge in [-0.3, -0.25) is 0 Å². The quantitative estimate of drug-likeness (QED) is 0.637. The summed E-state index contributed by atoms with van der Waals surface area (Å²) in [6.45, 7) is 14.0. The molecule has 3 saturated carbocycles. The van der Waals surface area contributed by atoms with Gasteiger partial charge in [0.25, 0.3) is 0 Å². The number of benzene rings is 1. The summed E-state index contributed by atoms with van der Waals surface area (Å²) in [7, 11) is 0. The fourth-order valence-electron chi connectivity index (χ4n) is 3.63. The third-order valence-electron chi connectivity index (χ3n) is 5.32. The lowest BCUT2D eigenvalue weighted by atomic mass is 9.42. The Morgan fingerprint density at radius 2 is 1.21 bits per heavy atom. The topological polar surface area (TPSA) is 0 Å². The van der Waals surface area contributed by atoms with Gasteiger partial charge in [-0.2, -0.15) is 0 Å². The Hall–Kier alpha value is -0.780. The highest BCUT2D eigenvalue weighted by Crippen LogP contribution is 2.65. The maximum Gasteiger partial charge on any atom is -0.00388 e. The van der Waals surface area contributed by atoms with E-state index >= 15 is 0 Å². The first-order valence-corrected chi connectivity index (χ1v) is 7.77. The van der Waals surface area contributed by atoms with Gasteiger partial charge in [0.2, 0.25) is 0 Å². The second-order valence-electron chi connectivity index (χ2n) is 9.06. The summed E-state index contributed by atoms with van der Waals surface area (Å²) >= 11 is 0. The Balaban J connectivity index is 2.09. The minimum absolute atomic E-state index is 0.250. The van der Waals surface area contributed by atoms with Crippen molar-refractivity contribution in [3.63, 3.8) is 0 Å². The molecule has 0 saturated heterocycles. The van der Waals surface area contributed by atoms with Crippen molar-refractivity contribution in [1.29, 1.82) is 0 Å². The van der Waals surface area contributed by atoms with Gasteiger partial charge in [-0.05, 0) is 58.1 Å². The summed E-state index contributed by atoms with van der Waals surface area (Å²) in [5.74, 6) is 1.05. The van der Waals surface area contributed by atoms with E-state index < -0.39 is 0 Å². The SMILES string of the molecule is CC(C)(C)c1cc(C(C)(C)C)cc(C23CC(C2)C3)c1. The summed E-state index contributed by atoms with van der Waals surface area (Å²) in [6, 6.07) is 7.45. The largest absolute Gasteiger partial charge is 0.0561 e. The molecule has 0 spiro atoms. The van der Waals surface area contributed by atoms with E-state index in [4.69, 9.17) is 0 Å². The molecule has 0 aliphatic heterocycles. The Morgan fingerprint density at radius 3 is 1.47 bits per heavy atom. The molecule has 4 rings (SSSR count). The van der Waals surface area contributed by atoms with E-state index in [2.05, 4.69) is 59.7 Å². The van der Waals surface area contributed by atoms with Crippen molar-refractivity contribution >= 4 is 0 Å². The Bertz CT molecular complexity index is 459. The summed E-state index contributed by atoms with van der Waals surface area (Å²) < 4.78 is 0. The van der Waals surface area contributed by atoms with E-state index in [-0.39, 0.29) is 10.8 Å². The van der Waals surface area contributed by atoms with Gasteiger partial charge in [0.05, 0.1) is 0 Å². The predicted octanol–water partition coefficient (Wildman–Crippen LogP) is 5.33. The first-order chi connectivity index (χ1) is 8.60. The summed E-state index contributed by atoms with van der Waals surface area (Å²) in [5, 5.41) is 0. The van der Waals surface area contributed by atoms with E-state index in [1.54, 1.807) is 5.56 Å². The number of rotatable bonds is 1. The van der Waals surface area contributed by atoms with Crippen LogP contribution in [-0.2, 0) is 16.2 Å². The van der Waals surface area contributed by atoms with Crippen LogP contribution in [0.15, 0.2) is 18.2 Å². The van der Waals surface area contributed by atoms with E-state index in [0.29, 0.717) is 5.41 Å². The minimum atomic E-state index is 0.250. The van der Waals surface area contributed by atoms with Crippen molar-refractivity contribution in [3.05, 3.63) is 34.9 Å². The van der Waals surface area contributed by atoms with Crippen LogP contribution in [0.25, 0.3) is 0 Å². The third-order valence-corrected chi connectivity index (χ3v) is 5.32. The average molecular weight is 256 g/mol. The molecule has 3 aliphatic carbocycles. The second kappa shape index (κ2) is 3.65. The van der Waals surface area contributed by atoms with Crippen molar-refractivity contribution in [3.8, 4) is 0 Å². The Labute approximate surface area is 118 Å². The highest BCUT2D eigenvalue weighted by Gasteiger charge is 2.57. The van der Waals surface area contributed by atoms with E-state index in [1.165, 1.54) is 30.4 Å². The van der Waals surface area contributed by atoms with E-state index in [1.807, 2.05) is 0 Å². The third kappa shape index (κ3) is 2.04.